The predicted octanol–water partition coefficient (Wildman–Crippen LogP) is 1.17. The highest BCUT2D eigenvalue weighted by atomic mass is 35.5. The third-order valence-corrected chi connectivity index (χ3v) is 5.17. The normalized spacial score (nSPS) is 22.3. The van der Waals surface area contributed by atoms with Crippen molar-refractivity contribution in [2.75, 3.05) is 19.7 Å². The summed E-state index contributed by atoms with van der Waals surface area (Å²) in [6.45, 7) is 3.11. The molecule has 0 saturated carbocycles. The summed E-state index contributed by atoms with van der Waals surface area (Å²) < 4.78 is 33.4. The Labute approximate surface area is 112 Å². The lowest BCUT2D eigenvalue weighted by Gasteiger charge is -2.29. The van der Waals surface area contributed by atoms with Gasteiger partial charge in [0.1, 0.15) is 4.90 Å². The van der Waals surface area contributed by atoms with E-state index in [1.54, 1.807) is 23.9 Å². The maximum Gasteiger partial charge on any atom is 0.244 e. The number of ether oxygens (including phenoxy) is 1. The standard InChI is InChI=1S/C11H17ClN2O3S/c1-9-7-14(3-4-17-9)18(15,16)11-5-10(6-12)13(2)8-11/h5,8-9H,3-4,6-7H2,1-2H3. The zero-order valence-corrected chi connectivity index (χ0v) is 12.0. The van der Waals surface area contributed by atoms with Crippen molar-refractivity contribution in [3.8, 4) is 0 Å². The molecule has 1 aliphatic heterocycles. The van der Waals surface area contributed by atoms with E-state index in [1.807, 2.05) is 6.92 Å². The lowest BCUT2D eigenvalue weighted by molar-refractivity contribution is 0.0102. The summed E-state index contributed by atoms with van der Waals surface area (Å²) in [4.78, 5) is 0.301. The molecule has 2 heterocycles. The monoisotopic (exact) mass is 292 g/mol. The molecule has 1 fully saturated rings. The van der Waals surface area contributed by atoms with Crippen molar-refractivity contribution in [1.29, 1.82) is 0 Å². The Morgan fingerprint density at radius 3 is 2.83 bits per heavy atom. The van der Waals surface area contributed by atoms with Crippen LogP contribution >= 0.6 is 11.6 Å². The number of aromatic nitrogens is 1. The van der Waals surface area contributed by atoms with Gasteiger partial charge in [0.25, 0.3) is 0 Å². The van der Waals surface area contributed by atoms with Gasteiger partial charge in [-0.15, -0.1) is 11.6 Å². The van der Waals surface area contributed by atoms with Gasteiger partial charge in [0.15, 0.2) is 0 Å². The fourth-order valence-corrected chi connectivity index (χ4v) is 3.87. The van der Waals surface area contributed by atoms with E-state index in [0.717, 1.165) is 5.69 Å². The Hall–Kier alpha value is -0.560. The van der Waals surface area contributed by atoms with Crippen LogP contribution in [0, 0.1) is 0 Å². The first kappa shape index (κ1) is 13.9. The van der Waals surface area contributed by atoms with Crippen molar-refractivity contribution in [2.45, 2.75) is 23.8 Å². The van der Waals surface area contributed by atoms with Crippen LogP contribution in [0.3, 0.4) is 0 Å². The van der Waals surface area contributed by atoms with Crippen molar-refractivity contribution in [1.82, 2.24) is 8.87 Å². The molecule has 18 heavy (non-hydrogen) atoms. The van der Waals surface area contributed by atoms with E-state index in [-0.39, 0.29) is 6.10 Å². The molecule has 1 unspecified atom stereocenters. The molecule has 0 bridgehead atoms. The summed E-state index contributed by atoms with van der Waals surface area (Å²) in [5.41, 5.74) is 0.788. The smallest absolute Gasteiger partial charge is 0.244 e. The second kappa shape index (κ2) is 5.21. The van der Waals surface area contributed by atoms with Crippen LogP contribution in [0.2, 0.25) is 0 Å². The van der Waals surface area contributed by atoms with Crippen molar-refractivity contribution >= 4 is 21.6 Å². The molecule has 102 valence electrons. The molecule has 1 aromatic rings. The number of nitrogens with zero attached hydrogens (tertiary/aromatic N) is 2. The van der Waals surface area contributed by atoms with Gasteiger partial charge in [-0.05, 0) is 13.0 Å². The van der Waals surface area contributed by atoms with E-state index in [1.165, 1.54) is 4.31 Å². The van der Waals surface area contributed by atoms with Crippen molar-refractivity contribution in [3.05, 3.63) is 18.0 Å². The Balaban J connectivity index is 2.29. The topological polar surface area (TPSA) is 51.5 Å². The van der Waals surface area contributed by atoms with E-state index >= 15 is 0 Å². The molecule has 0 aromatic carbocycles. The molecular formula is C11H17ClN2O3S. The summed E-state index contributed by atoms with van der Waals surface area (Å²) in [6.07, 6.45) is 1.54. The van der Waals surface area contributed by atoms with Gasteiger partial charge in [0.05, 0.1) is 18.6 Å². The number of morpholine rings is 1. The highest BCUT2D eigenvalue weighted by Crippen LogP contribution is 2.21. The van der Waals surface area contributed by atoms with Crippen molar-refractivity contribution < 1.29 is 13.2 Å². The zero-order valence-electron chi connectivity index (χ0n) is 10.5. The van der Waals surface area contributed by atoms with Gasteiger partial charge in [-0.2, -0.15) is 4.31 Å². The molecule has 1 aromatic heterocycles. The lowest BCUT2D eigenvalue weighted by Crippen LogP contribution is -2.44. The molecule has 7 heteroatoms. The van der Waals surface area contributed by atoms with Gasteiger partial charge in [-0.25, -0.2) is 8.42 Å². The van der Waals surface area contributed by atoms with E-state index in [4.69, 9.17) is 16.3 Å². The SMILES string of the molecule is CC1CN(S(=O)(=O)c2cc(CCl)n(C)c2)CCO1. The molecule has 0 amide bonds. The number of halogens is 1. The largest absolute Gasteiger partial charge is 0.376 e. The third kappa shape index (κ3) is 2.56. The van der Waals surface area contributed by atoms with Crippen LogP contribution in [0.4, 0.5) is 0 Å². The van der Waals surface area contributed by atoms with Crippen LogP contribution in [0.1, 0.15) is 12.6 Å². The minimum Gasteiger partial charge on any atom is -0.376 e. The lowest BCUT2D eigenvalue weighted by atomic mass is 10.3. The number of hydrogen-bond acceptors (Lipinski definition) is 3. The third-order valence-electron chi connectivity index (χ3n) is 3.06. The number of alkyl halides is 1. The van der Waals surface area contributed by atoms with Gasteiger partial charge >= 0.3 is 0 Å². The molecule has 5 nitrogen and oxygen atoms in total. The van der Waals surface area contributed by atoms with E-state index < -0.39 is 10.0 Å². The number of rotatable bonds is 3. The Bertz CT molecular complexity index is 526. The minimum absolute atomic E-state index is 0.0651. The quantitative estimate of drug-likeness (QED) is 0.786. The van der Waals surface area contributed by atoms with Crippen LogP contribution in [0.25, 0.3) is 0 Å². The van der Waals surface area contributed by atoms with Gasteiger partial charge in [0.2, 0.25) is 10.0 Å². The van der Waals surface area contributed by atoms with Crippen LogP contribution in [-0.4, -0.2) is 43.1 Å². The molecule has 0 aliphatic carbocycles. The first-order chi connectivity index (χ1) is 8.45. The van der Waals surface area contributed by atoms with Crippen molar-refractivity contribution in [3.63, 3.8) is 0 Å². The number of hydrogen-bond donors (Lipinski definition) is 0. The fraction of sp³-hybridized carbons (Fsp3) is 0.636. The van der Waals surface area contributed by atoms with E-state index in [9.17, 15) is 8.42 Å². The van der Waals surface area contributed by atoms with E-state index in [2.05, 4.69) is 0 Å². The van der Waals surface area contributed by atoms with Crippen LogP contribution in [0.5, 0.6) is 0 Å². The fourth-order valence-electron chi connectivity index (χ4n) is 2.00. The Kier molecular flexibility index (Phi) is 4.01. The maximum absolute atomic E-state index is 12.4. The summed E-state index contributed by atoms with van der Waals surface area (Å²) in [7, 11) is -1.64. The van der Waals surface area contributed by atoms with E-state index in [0.29, 0.717) is 30.5 Å². The molecule has 0 spiro atoms. The molecular weight excluding hydrogens is 276 g/mol. The molecule has 0 N–H and O–H groups in total. The average molecular weight is 293 g/mol. The average Bonchev–Trinajstić information content (AvgIpc) is 2.71. The van der Waals surface area contributed by atoms with Crippen LogP contribution in [0.15, 0.2) is 17.2 Å². The highest BCUT2D eigenvalue weighted by molar-refractivity contribution is 7.89. The van der Waals surface area contributed by atoms with Gasteiger partial charge in [0, 0.05) is 32.0 Å². The summed E-state index contributed by atoms with van der Waals surface area (Å²) in [5, 5.41) is 0. The zero-order chi connectivity index (χ0) is 13.3. The second-order valence-electron chi connectivity index (χ2n) is 4.46. The first-order valence-corrected chi connectivity index (χ1v) is 7.75. The maximum atomic E-state index is 12.4. The summed E-state index contributed by atoms with van der Waals surface area (Å²) in [6, 6.07) is 1.63. The first-order valence-electron chi connectivity index (χ1n) is 5.78. The summed E-state index contributed by atoms with van der Waals surface area (Å²) in [5.74, 6) is 0.297. The van der Waals surface area contributed by atoms with Gasteiger partial charge < -0.3 is 9.30 Å². The molecule has 1 atom stereocenters. The van der Waals surface area contributed by atoms with Crippen LogP contribution in [-0.2, 0) is 27.7 Å². The number of sulfonamides is 1. The van der Waals surface area contributed by atoms with Gasteiger partial charge in [-0.1, -0.05) is 0 Å². The predicted molar refractivity (Wildman–Crippen MR) is 69.1 cm³/mol. The summed E-state index contributed by atoms with van der Waals surface area (Å²) >= 11 is 5.76. The Morgan fingerprint density at radius 1 is 1.56 bits per heavy atom. The second-order valence-corrected chi connectivity index (χ2v) is 6.66. The molecule has 0 radical (unpaired) electrons. The molecule has 2 rings (SSSR count). The van der Waals surface area contributed by atoms with Crippen LogP contribution < -0.4 is 0 Å². The molecule has 1 aliphatic rings. The number of aryl methyl sites for hydroxylation is 1. The highest BCUT2D eigenvalue weighted by Gasteiger charge is 2.30. The minimum atomic E-state index is -3.43. The molecule has 1 saturated heterocycles. The van der Waals surface area contributed by atoms with Crippen molar-refractivity contribution in [2.24, 2.45) is 7.05 Å². The van der Waals surface area contributed by atoms with Gasteiger partial charge in [-0.3, -0.25) is 0 Å². The Morgan fingerprint density at radius 2 is 2.28 bits per heavy atom.